The summed E-state index contributed by atoms with van der Waals surface area (Å²) in [5.74, 6) is 4.31. The van der Waals surface area contributed by atoms with Gasteiger partial charge >= 0.3 is 0 Å². The van der Waals surface area contributed by atoms with E-state index in [9.17, 15) is 4.79 Å². The second-order valence-corrected chi connectivity index (χ2v) is 8.03. The molecule has 3 nitrogen and oxygen atoms in total. The molecule has 4 saturated carbocycles. The first-order chi connectivity index (χ1) is 10.2. The average molecular weight is 290 g/mol. The summed E-state index contributed by atoms with van der Waals surface area (Å²) >= 11 is 0. The van der Waals surface area contributed by atoms with Crippen LogP contribution in [-0.2, 0) is 4.79 Å². The van der Waals surface area contributed by atoms with Crippen molar-refractivity contribution in [2.45, 2.75) is 64.0 Å². The van der Waals surface area contributed by atoms with Gasteiger partial charge < -0.3 is 10.2 Å². The molecule has 4 fully saturated rings. The predicted molar refractivity (Wildman–Crippen MR) is 83.8 cm³/mol. The average Bonchev–Trinajstić information content (AvgIpc) is 2.94. The molecule has 118 valence electrons. The largest absolute Gasteiger partial charge is 0.343 e. The van der Waals surface area contributed by atoms with E-state index < -0.39 is 0 Å². The molecule has 4 atom stereocenters. The first kappa shape index (κ1) is 14.0. The molecule has 0 aromatic rings. The first-order valence-corrected chi connectivity index (χ1v) is 9.20. The maximum absolute atomic E-state index is 12.9. The third-order valence-corrected chi connectivity index (χ3v) is 7.11. The molecule has 4 aliphatic rings. The standard InChI is InChI=1S/C18H30N2O/c1-3-19-13-6-8-14(9-7-13)20(2)18(21)17-15-11-4-5-12(10-11)16(15)17/h11-17,19H,3-10H2,1-2H3. The van der Waals surface area contributed by atoms with Gasteiger partial charge in [-0.3, -0.25) is 4.79 Å². The Balaban J connectivity index is 1.32. The van der Waals surface area contributed by atoms with Crippen LogP contribution in [0.2, 0.25) is 0 Å². The molecular weight excluding hydrogens is 260 g/mol. The van der Waals surface area contributed by atoms with Gasteiger partial charge in [0.05, 0.1) is 0 Å². The van der Waals surface area contributed by atoms with Crippen LogP contribution in [0.5, 0.6) is 0 Å². The molecule has 21 heavy (non-hydrogen) atoms. The van der Waals surface area contributed by atoms with Gasteiger partial charge in [-0.15, -0.1) is 0 Å². The molecule has 0 aromatic carbocycles. The highest BCUT2D eigenvalue weighted by Gasteiger charge is 2.68. The lowest BCUT2D eigenvalue weighted by molar-refractivity contribution is -0.135. The monoisotopic (exact) mass is 290 g/mol. The Morgan fingerprint density at radius 2 is 1.67 bits per heavy atom. The van der Waals surface area contributed by atoms with Crippen molar-refractivity contribution in [3.8, 4) is 0 Å². The lowest BCUT2D eigenvalue weighted by Crippen LogP contribution is -2.44. The van der Waals surface area contributed by atoms with Crippen LogP contribution in [0.25, 0.3) is 0 Å². The van der Waals surface area contributed by atoms with Crippen molar-refractivity contribution in [1.82, 2.24) is 10.2 Å². The Morgan fingerprint density at radius 3 is 2.24 bits per heavy atom. The van der Waals surface area contributed by atoms with Crippen LogP contribution >= 0.6 is 0 Å². The van der Waals surface area contributed by atoms with Gasteiger partial charge in [-0.05, 0) is 75.2 Å². The van der Waals surface area contributed by atoms with E-state index in [1.54, 1.807) is 0 Å². The maximum atomic E-state index is 12.9. The quantitative estimate of drug-likeness (QED) is 0.863. The van der Waals surface area contributed by atoms with E-state index in [2.05, 4.69) is 24.2 Å². The Morgan fingerprint density at radius 1 is 1.05 bits per heavy atom. The maximum Gasteiger partial charge on any atom is 0.226 e. The molecule has 0 saturated heterocycles. The van der Waals surface area contributed by atoms with Gasteiger partial charge in [0.1, 0.15) is 0 Å². The number of amides is 1. The van der Waals surface area contributed by atoms with Crippen LogP contribution in [0.15, 0.2) is 0 Å². The van der Waals surface area contributed by atoms with Gasteiger partial charge in [0, 0.05) is 25.0 Å². The number of fused-ring (bicyclic) bond motifs is 5. The van der Waals surface area contributed by atoms with Crippen molar-refractivity contribution in [2.24, 2.45) is 29.6 Å². The van der Waals surface area contributed by atoms with Crippen LogP contribution in [0.1, 0.15) is 51.9 Å². The van der Waals surface area contributed by atoms with Crippen molar-refractivity contribution in [3.63, 3.8) is 0 Å². The van der Waals surface area contributed by atoms with E-state index in [1.807, 2.05) is 0 Å². The number of nitrogens with zero attached hydrogens (tertiary/aromatic N) is 1. The molecule has 4 rings (SSSR count). The number of carbonyl (C=O) groups is 1. The summed E-state index contributed by atoms with van der Waals surface area (Å²) in [6.45, 7) is 3.25. The Kier molecular flexibility index (Phi) is 3.52. The summed E-state index contributed by atoms with van der Waals surface area (Å²) in [7, 11) is 2.08. The lowest BCUT2D eigenvalue weighted by Gasteiger charge is -2.35. The lowest BCUT2D eigenvalue weighted by atomic mass is 9.90. The summed E-state index contributed by atoms with van der Waals surface area (Å²) in [6.07, 6.45) is 9.11. The smallest absolute Gasteiger partial charge is 0.226 e. The van der Waals surface area contributed by atoms with Crippen LogP contribution < -0.4 is 5.32 Å². The predicted octanol–water partition coefficient (Wildman–Crippen LogP) is 2.66. The van der Waals surface area contributed by atoms with E-state index in [0.29, 0.717) is 23.9 Å². The van der Waals surface area contributed by atoms with E-state index in [4.69, 9.17) is 0 Å². The second-order valence-electron chi connectivity index (χ2n) is 8.03. The van der Waals surface area contributed by atoms with Crippen molar-refractivity contribution < 1.29 is 4.79 Å². The van der Waals surface area contributed by atoms with Crippen molar-refractivity contribution in [1.29, 1.82) is 0 Å². The molecule has 0 aliphatic heterocycles. The Hall–Kier alpha value is -0.570. The second kappa shape index (κ2) is 5.26. The van der Waals surface area contributed by atoms with Gasteiger partial charge in [0.25, 0.3) is 0 Å². The molecular formula is C18H30N2O. The molecule has 0 aromatic heterocycles. The highest BCUT2D eigenvalue weighted by atomic mass is 16.2. The highest BCUT2D eigenvalue weighted by molar-refractivity contribution is 5.83. The van der Waals surface area contributed by atoms with E-state index in [-0.39, 0.29) is 0 Å². The van der Waals surface area contributed by atoms with Crippen molar-refractivity contribution in [2.75, 3.05) is 13.6 Å². The van der Waals surface area contributed by atoms with Crippen molar-refractivity contribution >= 4 is 5.91 Å². The van der Waals surface area contributed by atoms with Gasteiger partial charge in [-0.25, -0.2) is 0 Å². The van der Waals surface area contributed by atoms with Crippen LogP contribution in [0.3, 0.4) is 0 Å². The fraction of sp³-hybridized carbons (Fsp3) is 0.944. The number of carbonyl (C=O) groups excluding carboxylic acids is 1. The van der Waals surface area contributed by atoms with Gasteiger partial charge in [0.15, 0.2) is 0 Å². The SMILES string of the molecule is CCNC1CCC(N(C)C(=O)C2C3C4CCC(C4)C23)CC1. The minimum Gasteiger partial charge on any atom is -0.343 e. The van der Waals surface area contributed by atoms with Gasteiger partial charge in [-0.2, -0.15) is 0 Å². The first-order valence-electron chi connectivity index (χ1n) is 9.20. The number of hydrogen-bond donors (Lipinski definition) is 1. The molecule has 3 heteroatoms. The summed E-state index contributed by atoms with van der Waals surface area (Å²) in [6, 6.07) is 1.19. The van der Waals surface area contributed by atoms with Crippen LogP contribution in [0.4, 0.5) is 0 Å². The molecule has 0 radical (unpaired) electrons. The topological polar surface area (TPSA) is 32.3 Å². The molecule has 0 heterocycles. The van der Waals surface area contributed by atoms with Crippen molar-refractivity contribution in [3.05, 3.63) is 0 Å². The van der Waals surface area contributed by atoms with Gasteiger partial charge in [0.2, 0.25) is 5.91 Å². The van der Waals surface area contributed by atoms with E-state index in [0.717, 1.165) is 30.2 Å². The molecule has 1 amide bonds. The number of rotatable bonds is 4. The summed E-state index contributed by atoms with van der Waals surface area (Å²) in [5.41, 5.74) is 0. The fourth-order valence-electron chi connectivity index (χ4n) is 6.03. The fourth-order valence-corrected chi connectivity index (χ4v) is 6.03. The Bertz CT molecular complexity index is 399. The minimum absolute atomic E-state index is 0.424. The van der Waals surface area contributed by atoms with E-state index in [1.165, 1.54) is 44.9 Å². The van der Waals surface area contributed by atoms with Crippen LogP contribution in [-0.4, -0.2) is 36.5 Å². The molecule has 4 aliphatic carbocycles. The third-order valence-electron chi connectivity index (χ3n) is 7.11. The Labute approximate surface area is 128 Å². The minimum atomic E-state index is 0.424. The van der Waals surface area contributed by atoms with Crippen LogP contribution in [0, 0.1) is 29.6 Å². The summed E-state index contributed by atoms with van der Waals surface area (Å²) < 4.78 is 0. The molecule has 1 N–H and O–H groups in total. The molecule has 2 bridgehead atoms. The molecule has 4 unspecified atom stereocenters. The third kappa shape index (κ3) is 2.23. The highest BCUT2D eigenvalue weighted by Crippen LogP contribution is 2.69. The number of nitrogens with one attached hydrogen (secondary N) is 1. The van der Waals surface area contributed by atoms with E-state index >= 15 is 0 Å². The molecule has 0 spiro atoms. The normalized spacial score (nSPS) is 47.2. The van der Waals surface area contributed by atoms with Gasteiger partial charge in [-0.1, -0.05) is 6.92 Å². The zero-order valence-corrected chi connectivity index (χ0v) is 13.6. The summed E-state index contributed by atoms with van der Waals surface area (Å²) in [5, 5.41) is 3.56. The zero-order valence-electron chi connectivity index (χ0n) is 13.6. The summed E-state index contributed by atoms with van der Waals surface area (Å²) in [4.78, 5) is 15.0. The number of hydrogen-bond acceptors (Lipinski definition) is 2. The zero-order chi connectivity index (χ0) is 14.6.